The summed E-state index contributed by atoms with van der Waals surface area (Å²) in [6.45, 7) is 4.26. The molecule has 52 valence electrons. The van der Waals surface area contributed by atoms with E-state index in [2.05, 4.69) is 11.9 Å². The van der Waals surface area contributed by atoms with Gasteiger partial charge in [-0.15, -0.1) is 0 Å². The summed E-state index contributed by atoms with van der Waals surface area (Å²) in [4.78, 5) is 7.36. The molecule has 3 heteroatoms. The van der Waals surface area contributed by atoms with Crippen molar-refractivity contribution in [1.29, 1.82) is 0 Å². The Labute approximate surface area is 57.4 Å². The van der Waals surface area contributed by atoms with Crippen LogP contribution in [0.4, 0.5) is 0 Å². The van der Waals surface area contributed by atoms with Crippen molar-refractivity contribution in [3.05, 3.63) is 0 Å². The number of nitrogens with zero attached hydrogens (tertiary/aromatic N) is 1. The highest BCUT2D eigenvalue weighted by Crippen LogP contribution is 2.03. The van der Waals surface area contributed by atoms with Gasteiger partial charge in [-0.25, -0.2) is 4.97 Å². The zero-order chi connectivity index (χ0) is 6.53. The standard InChI is InChI=1S/C6H14BNO/c1-2-3-5-8-7-4-6-9-8/h7H,2-6H2,1H3. The van der Waals surface area contributed by atoms with Crippen LogP contribution < -0.4 is 0 Å². The molecule has 0 saturated carbocycles. The molecule has 0 aromatic heterocycles. The molecule has 1 rings (SSSR count). The Morgan fingerprint density at radius 3 is 3.11 bits per heavy atom. The first-order valence-corrected chi connectivity index (χ1v) is 3.81. The lowest BCUT2D eigenvalue weighted by atomic mass is 9.91. The van der Waals surface area contributed by atoms with Crippen molar-refractivity contribution >= 4 is 7.41 Å². The quantitative estimate of drug-likeness (QED) is 0.520. The number of rotatable bonds is 3. The summed E-state index contributed by atoms with van der Waals surface area (Å²) < 4.78 is 0. The molecule has 0 spiro atoms. The molecule has 9 heavy (non-hydrogen) atoms. The molecule has 1 aliphatic rings. The highest BCUT2D eigenvalue weighted by atomic mass is 16.7. The van der Waals surface area contributed by atoms with Crippen molar-refractivity contribution in [2.24, 2.45) is 0 Å². The van der Waals surface area contributed by atoms with Gasteiger partial charge in [0, 0.05) is 6.54 Å². The average Bonchev–Trinajstić information content (AvgIpc) is 2.34. The third kappa shape index (κ3) is 2.37. The van der Waals surface area contributed by atoms with Gasteiger partial charge in [-0.1, -0.05) is 13.3 Å². The molecule has 0 radical (unpaired) electrons. The van der Waals surface area contributed by atoms with E-state index in [1.54, 1.807) is 0 Å². The van der Waals surface area contributed by atoms with Crippen LogP contribution in [0.15, 0.2) is 0 Å². The maximum atomic E-state index is 5.29. The van der Waals surface area contributed by atoms with Crippen molar-refractivity contribution in [1.82, 2.24) is 4.97 Å². The maximum absolute atomic E-state index is 5.29. The fraction of sp³-hybridized carbons (Fsp3) is 1.00. The number of unbranched alkanes of at least 4 members (excludes halogenated alkanes) is 1. The van der Waals surface area contributed by atoms with Gasteiger partial charge in [-0.05, 0) is 12.7 Å². The van der Waals surface area contributed by atoms with E-state index in [9.17, 15) is 0 Å². The second-order valence-electron chi connectivity index (χ2n) is 2.47. The molecule has 0 unspecified atom stereocenters. The monoisotopic (exact) mass is 127 g/mol. The summed E-state index contributed by atoms with van der Waals surface area (Å²) in [6.07, 6.45) is 3.74. The Balaban J connectivity index is 1.98. The van der Waals surface area contributed by atoms with Crippen LogP contribution >= 0.6 is 0 Å². The minimum absolute atomic E-state index is 0.934. The van der Waals surface area contributed by atoms with E-state index >= 15 is 0 Å². The molecule has 1 heterocycles. The van der Waals surface area contributed by atoms with Crippen molar-refractivity contribution in [3.63, 3.8) is 0 Å². The largest absolute Gasteiger partial charge is 0.312 e. The molecule has 0 amide bonds. The maximum Gasteiger partial charge on any atom is 0.241 e. The van der Waals surface area contributed by atoms with Crippen LogP contribution in [0.1, 0.15) is 19.8 Å². The van der Waals surface area contributed by atoms with E-state index in [1.807, 2.05) is 0 Å². The van der Waals surface area contributed by atoms with E-state index in [4.69, 9.17) is 4.84 Å². The van der Waals surface area contributed by atoms with Gasteiger partial charge in [0.25, 0.3) is 0 Å². The van der Waals surface area contributed by atoms with Crippen molar-refractivity contribution in [3.8, 4) is 0 Å². The molecule has 0 atom stereocenters. The molecule has 1 saturated heterocycles. The SMILES string of the molecule is CCCCN1BCCO1. The normalized spacial score (nSPS) is 20.1. The van der Waals surface area contributed by atoms with Gasteiger partial charge in [0.05, 0.1) is 6.61 Å². The van der Waals surface area contributed by atoms with Crippen LogP contribution in [0.5, 0.6) is 0 Å². The Morgan fingerprint density at radius 2 is 2.56 bits per heavy atom. The summed E-state index contributed by atoms with van der Waals surface area (Å²) in [5.41, 5.74) is 0. The Kier molecular flexibility index (Phi) is 3.08. The van der Waals surface area contributed by atoms with Gasteiger partial charge in [0.1, 0.15) is 0 Å². The van der Waals surface area contributed by atoms with Gasteiger partial charge in [-0.2, -0.15) is 0 Å². The summed E-state index contributed by atoms with van der Waals surface area (Å²) in [5, 5.41) is 0. The Morgan fingerprint density at radius 1 is 1.67 bits per heavy atom. The minimum Gasteiger partial charge on any atom is -0.312 e. The first-order chi connectivity index (χ1) is 4.43. The highest BCUT2D eigenvalue weighted by molar-refractivity contribution is 6.32. The lowest BCUT2D eigenvalue weighted by molar-refractivity contribution is -0.0608. The van der Waals surface area contributed by atoms with Gasteiger partial charge >= 0.3 is 0 Å². The van der Waals surface area contributed by atoms with Crippen LogP contribution in [0, 0.1) is 0 Å². The van der Waals surface area contributed by atoms with E-state index in [-0.39, 0.29) is 0 Å². The third-order valence-corrected chi connectivity index (χ3v) is 1.59. The van der Waals surface area contributed by atoms with Crippen LogP contribution in [0.3, 0.4) is 0 Å². The zero-order valence-corrected chi connectivity index (χ0v) is 6.10. The molecule has 0 aromatic carbocycles. The summed E-state index contributed by atoms with van der Waals surface area (Å²) in [7, 11) is 1.14. The zero-order valence-electron chi connectivity index (χ0n) is 6.10. The van der Waals surface area contributed by atoms with Gasteiger partial charge in [-0.3, -0.25) is 0 Å². The Hall–Kier alpha value is -0.0151. The average molecular weight is 127 g/mol. The van der Waals surface area contributed by atoms with Gasteiger partial charge < -0.3 is 4.84 Å². The first-order valence-electron chi connectivity index (χ1n) is 3.81. The predicted octanol–water partition coefficient (Wildman–Crippen LogP) is 0.803. The number of hydrogen-bond acceptors (Lipinski definition) is 2. The lowest BCUT2D eigenvalue weighted by Gasteiger charge is -2.11. The molecule has 0 aliphatic carbocycles. The highest BCUT2D eigenvalue weighted by Gasteiger charge is 2.12. The van der Waals surface area contributed by atoms with Crippen molar-refractivity contribution < 1.29 is 4.84 Å². The fourth-order valence-corrected chi connectivity index (χ4v) is 1.01. The Bertz CT molecular complexity index is 73.5. The summed E-state index contributed by atoms with van der Waals surface area (Å²) >= 11 is 0. The molecule has 0 aromatic rings. The second-order valence-corrected chi connectivity index (χ2v) is 2.47. The topological polar surface area (TPSA) is 12.5 Å². The van der Waals surface area contributed by atoms with Gasteiger partial charge in [0.15, 0.2) is 0 Å². The van der Waals surface area contributed by atoms with Crippen molar-refractivity contribution in [2.75, 3.05) is 13.2 Å². The van der Waals surface area contributed by atoms with Crippen LogP contribution in [0.2, 0.25) is 6.32 Å². The second kappa shape index (κ2) is 3.91. The molecule has 1 fully saturated rings. The summed E-state index contributed by atoms with van der Waals surface area (Å²) in [6, 6.07) is 0. The van der Waals surface area contributed by atoms with Crippen LogP contribution in [-0.2, 0) is 4.84 Å². The molecule has 2 nitrogen and oxygen atoms in total. The molecule has 1 aliphatic heterocycles. The molecule has 0 bridgehead atoms. The number of hydroxylamine groups is 1. The van der Waals surface area contributed by atoms with Crippen molar-refractivity contribution in [2.45, 2.75) is 26.1 Å². The first kappa shape index (κ1) is 7.10. The molecular formula is C6H14BNO. The molecular weight excluding hydrogens is 113 g/mol. The van der Waals surface area contributed by atoms with E-state index in [0.29, 0.717) is 0 Å². The fourth-order valence-electron chi connectivity index (χ4n) is 1.01. The predicted molar refractivity (Wildman–Crippen MR) is 39.5 cm³/mol. The van der Waals surface area contributed by atoms with E-state index in [1.165, 1.54) is 19.2 Å². The lowest BCUT2D eigenvalue weighted by Crippen LogP contribution is -2.21. The third-order valence-electron chi connectivity index (χ3n) is 1.59. The summed E-state index contributed by atoms with van der Waals surface area (Å²) in [5.74, 6) is 0. The smallest absolute Gasteiger partial charge is 0.241 e. The number of hydrogen-bond donors (Lipinski definition) is 0. The molecule has 0 N–H and O–H groups in total. The van der Waals surface area contributed by atoms with E-state index < -0.39 is 0 Å². The van der Waals surface area contributed by atoms with Crippen LogP contribution in [0.25, 0.3) is 0 Å². The van der Waals surface area contributed by atoms with E-state index in [0.717, 1.165) is 20.6 Å². The minimum atomic E-state index is 0.934. The van der Waals surface area contributed by atoms with Gasteiger partial charge in [0.2, 0.25) is 7.41 Å². The van der Waals surface area contributed by atoms with Crippen LogP contribution in [-0.4, -0.2) is 25.5 Å².